The second-order valence-electron chi connectivity index (χ2n) is 6.12. The summed E-state index contributed by atoms with van der Waals surface area (Å²) in [6, 6.07) is 13.4. The summed E-state index contributed by atoms with van der Waals surface area (Å²) in [5, 5.41) is 2.79. The number of carbonyl (C=O) groups is 2. The lowest BCUT2D eigenvalue weighted by Crippen LogP contribution is -2.32. The first-order valence-corrected chi connectivity index (χ1v) is 9.09. The van der Waals surface area contributed by atoms with Gasteiger partial charge in [0.2, 0.25) is 11.8 Å². The molecule has 0 aliphatic carbocycles. The van der Waals surface area contributed by atoms with Crippen LogP contribution in [0.4, 0.5) is 14.5 Å². The van der Waals surface area contributed by atoms with Crippen molar-refractivity contribution in [3.63, 3.8) is 0 Å². The second-order valence-corrected chi connectivity index (χ2v) is 7.04. The number of anilines is 1. The third-order valence-corrected chi connectivity index (χ3v) is 4.78. The van der Waals surface area contributed by atoms with Gasteiger partial charge in [-0.15, -0.1) is 0 Å². The number of hydrogen-bond acceptors (Lipinski definition) is 3. The fourth-order valence-electron chi connectivity index (χ4n) is 2.88. The zero-order valence-corrected chi connectivity index (χ0v) is 15.8. The van der Waals surface area contributed by atoms with E-state index >= 15 is 0 Å². The van der Waals surface area contributed by atoms with Crippen LogP contribution < -0.4 is 15.0 Å². The van der Waals surface area contributed by atoms with Gasteiger partial charge in [0, 0.05) is 29.7 Å². The minimum Gasteiger partial charge on any atom is -0.435 e. The summed E-state index contributed by atoms with van der Waals surface area (Å²) in [4.78, 5) is 26.2. The van der Waals surface area contributed by atoms with Crippen LogP contribution in [0.5, 0.6) is 5.75 Å². The monoisotopic (exact) mass is 438 g/mol. The Labute approximate surface area is 163 Å². The van der Waals surface area contributed by atoms with Crippen LogP contribution >= 0.6 is 15.9 Å². The Morgan fingerprint density at radius 1 is 1.19 bits per heavy atom. The first-order chi connectivity index (χ1) is 12.9. The maximum absolute atomic E-state index is 12.4. The van der Waals surface area contributed by atoms with Crippen molar-refractivity contribution in [2.75, 3.05) is 11.4 Å². The Bertz CT molecular complexity index is 813. The van der Waals surface area contributed by atoms with Crippen LogP contribution in [0.2, 0.25) is 0 Å². The number of alkyl halides is 2. The molecule has 1 aliphatic rings. The van der Waals surface area contributed by atoms with Crippen molar-refractivity contribution >= 4 is 33.4 Å². The summed E-state index contributed by atoms with van der Waals surface area (Å²) in [6.07, 6.45) is 0.156. The van der Waals surface area contributed by atoms with E-state index in [-0.39, 0.29) is 30.5 Å². The molecular weight excluding hydrogens is 422 g/mol. The van der Waals surface area contributed by atoms with Gasteiger partial charge in [0.25, 0.3) is 0 Å². The highest BCUT2D eigenvalue weighted by molar-refractivity contribution is 9.10. The molecule has 8 heteroatoms. The molecule has 1 atom stereocenters. The molecule has 2 aromatic rings. The predicted octanol–water partition coefficient (Wildman–Crippen LogP) is 3.72. The molecule has 0 saturated carbocycles. The highest BCUT2D eigenvalue weighted by Gasteiger charge is 2.34. The molecular formula is C19H17BrF2N2O3. The van der Waals surface area contributed by atoms with E-state index in [9.17, 15) is 18.4 Å². The summed E-state index contributed by atoms with van der Waals surface area (Å²) in [6.45, 7) is -2.30. The molecule has 0 spiro atoms. The quantitative estimate of drug-likeness (QED) is 0.747. The van der Waals surface area contributed by atoms with Crippen LogP contribution in [0.3, 0.4) is 0 Å². The molecule has 2 amide bonds. The fourth-order valence-corrected chi connectivity index (χ4v) is 3.14. The molecule has 0 radical (unpaired) electrons. The maximum atomic E-state index is 12.4. The lowest BCUT2D eigenvalue weighted by Gasteiger charge is -2.17. The third kappa shape index (κ3) is 5.03. The van der Waals surface area contributed by atoms with E-state index in [4.69, 9.17) is 0 Å². The van der Waals surface area contributed by atoms with Gasteiger partial charge >= 0.3 is 6.61 Å². The molecule has 1 saturated heterocycles. The Balaban J connectivity index is 1.54. The van der Waals surface area contributed by atoms with E-state index in [1.165, 1.54) is 12.1 Å². The molecule has 1 fully saturated rings. The minimum absolute atomic E-state index is 0.0617. The third-order valence-electron chi connectivity index (χ3n) is 4.25. The number of nitrogens with zero attached hydrogens (tertiary/aromatic N) is 1. The topological polar surface area (TPSA) is 58.6 Å². The van der Waals surface area contributed by atoms with E-state index in [2.05, 4.69) is 26.0 Å². The van der Waals surface area contributed by atoms with Crippen molar-refractivity contribution in [3.05, 3.63) is 58.6 Å². The van der Waals surface area contributed by atoms with Gasteiger partial charge < -0.3 is 15.0 Å². The number of rotatable bonds is 6. The highest BCUT2D eigenvalue weighted by atomic mass is 79.9. The predicted molar refractivity (Wildman–Crippen MR) is 99.5 cm³/mol. The van der Waals surface area contributed by atoms with Crippen LogP contribution in [-0.4, -0.2) is 25.0 Å². The van der Waals surface area contributed by atoms with Gasteiger partial charge in [0.15, 0.2) is 0 Å². The summed E-state index contributed by atoms with van der Waals surface area (Å²) < 4.78 is 29.5. The van der Waals surface area contributed by atoms with Crippen LogP contribution in [0.15, 0.2) is 53.0 Å². The summed E-state index contributed by atoms with van der Waals surface area (Å²) in [5.74, 6) is -0.670. The molecule has 0 bridgehead atoms. The van der Waals surface area contributed by atoms with E-state index in [1.807, 2.05) is 24.3 Å². The van der Waals surface area contributed by atoms with E-state index in [0.717, 1.165) is 15.7 Å². The second kappa shape index (κ2) is 8.47. The van der Waals surface area contributed by atoms with Crippen LogP contribution in [0, 0.1) is 5.92 Å². The van der Waals surface area contributed by atoms with E-state index < -0.39 is 12.5 Å². The SMILES string of the molecule is O=C(NCc1ccc(OC(F)F)cc1)C1CC(=O)N(c2ccc(Br)cc2)C1. The molecule has 3 rings (SSSR count). The minimum atomic E-state index is -2.87. The molecule has 1 unspecified atom stereocenters. The Kier molecular flexibility index (Phi) is 6.05. The first-order valence-electron chi connectivity index (χ1n) is 8.30. The van der Waals surface area contributed by atoms with Gasteiger partial charge in [-0.3, -0.25) is 9.59 Å². The summed E-state index contributed by atoms with van der Waals surface area (Å²) >= 11 is 3.35. The summed E-state index contributed by atoms with van der Waals surface area (Å²) in [7, 11) is 0. The molecule has 142 valence electrons. The number of nitrogens with one attached hydrogen (secondary N) is 1. The average Bonchev–Trinajstić information content (AvgIpc) is 3.03. The molecule has 5 nitrogen and oxygen atoms in total. The molecule has 1 aliphatic heterocycles. The number of benzene rings is 2. The Morgan fingerprint density at radius 2 is 1.85 bits per heavy atom. The molecule has 2 aromatic carbocycles. The largest absolute Gasteiger partial charge is 0.435 e. The van der Waals surface area contributed by atoms with Gasteiger partial charge in [0.05, 0.1) is 5.92 Å². The fraction of sp³-hybridized carbons (Fsp3) is 0.263. The standard InChI is InChI=1S/C19H17BrF2N2O3/c20-14-3-5-15(6-4-14)24-11-13(9-17(24)25)18(26)23-10-12-1-7-16(8-2-12)27-19(21)22/h1-8,13,19H,9-11H2,(H,23,26). The zero-order chi connectivity index (χ0) is 19.4. The maximum Gasteiger partial charge on any atom is 0.387 e. The number of hydrogen-bond donors (Lipinski definition) is 1. The van der Waals surface area contributed by atoms with Crippen molar-refractivity contribution in [3.8, 4) is 5.75 Å². The van der Waals surface area contributed by atoms with Gasteiger partial charge in [0.1, 0.15) is 5.75 Å². The molecule has 1 N–H and O–H groups in total. The normalized spacial score (nSPS) is 16.7. The average molecular weight is 439 g/mol. The smallest absolute Gasteiger partial charge is 0.387 e. The van der Waals surface area contributed by atoms with Crippen LogP contribution in [-0.2, 0) is 16.1 Å². The zero-order valence-electron chi connectivity index (χ0n) is 14.2. The Morgan fingerprint density at radius 3 is 2.48 bits per heavy atom. The van der Waals surface area contributed by atoms with Crippen molar-refractivity contribution in [1.82, 2.24) is 5.32 Å². The Hall–Kier alpha value is -2.48. The van der Waals surface area contributed by atoms with Crippen LogP contribution in [0.25, 0.3) is 0 Å². The molecule has 0 aromatic heterocycles. The number of carbonyl (C=O) groups excluding carboxylic acids is 2. The van der Waals surface area contributed by atoms with Gasteiger partial charge in [-0.2, -0.15) is 8.78 Å². The lowest BCUT2D eigenvalue weighted by atomic mass is 10.1. The van der Waals surface area contributed by atoms with Crippen molar-refractivity contribution < 1.29 is 23.1 Å². The number of ether oxygens (including phenoxy) is 1. The lowest BCUT2D eigenvalue weighted by molar-refractivity contribution is -0.126. The van der Waals surface area contributed by atoms with Crippen molar-refractivity contribution in [1.29, 1.82) is 0 Å². The summed E-state index contributed by atoms with van der Waals surface area (Å²) in [5.41, 5.74) is 1.51. The van der Waals surface area contributed by atoms with Crippen LogP contribution in [0.1, 0.15) is 12.0 Å². The highest BCUT2D eigenvalue weighted by Crippen LogP contribution is 2.26. The number of amides is 2. The van der Waals surface area contributed by atoms with E-state index in [1.54, 1.807) is 17.0 Å². The molecule has 1 heterocycles. The van der Waals surface area contributed by atoms with E-state index in [0.29, 0.717) is 6.54 Å². The van der Waals surface area contributed by atoms with Gasteiger partial charge in [-0.05, 0) is 42.0 Å². The number of halogens is 3. The molecule has 27 heavy (non-hydrogen) atoms. The van der Waals surface area contributed by atoms with Gasteiger partial charge in [-0.1, -0.05) is 28.1 Å². The van der Waals surface area contributed by atoms with Crippen molar-refractivity contribution in [2.45, 2.75) is 19.6 Å². The van der Waals surface area contributed by atoms with Gasteiger partial charge in [-0.25, -0.2) is 0 Å². The first kappa shape index (κ1) is 19.3. The van der Waals surface area contributed by atoms with Crippen molar-refractivity contribution in [2.24, 2.45) is 5.92 Å².